The fourth-order valence-electron chi connectivity index (χ4n) is 8.39. The molecule has 11 rings (SSSR count). The van der Waals surface area contributed by atoms with Crippen LogP contribution in [0.3, 0.4) is 0 Å². The number of hydrogen-bond acceptors (Lipinski definition) is 1. The average molecular weight is 619 g/mol. The van der Waals surface area contributed by atoms with Gasteiger partial charge in [0.15, 0.2) is 0 Å². The van der Waals surface area contributed by atoms with Crippen LogP contribution in [0.4, 0.5) is 0 Å². The van der Waals surface area contributed by atoms with Gasteiger partial charge in [0.25, 0.3) is 0 Å². The molecule has 224 valence electrons. The summed E-state index contributed by atoms with van der Waals surface area (Å²) >= 11 is 0. The van der Waals surface area contributed by atoms with E-state index in [1.54, 1.807) is 0 Å². The lowest BCUT2D eigenvalue weighted by molar-refractivity contribution is 1.18. The van der Waals surface area contributed by atoms with Gasteiger partial charge in [0, 0.05) is 16.5 Å². The van der Waals surface area contributed by atoms with E-state index in [9.17, 15) is 5.26 Å². The lowest BCUT2D eigenvalue weighted by Gasteiger charge is -2.15. The molecular formula is C47H26N2. The Bertz CT molecular complexity index is 3090. The molecule has 0 atom stereocenters. The molecule has 0 aliphatic carbocycles. The number of rotatable bonds is 3. The van der Waals surface area contributed by atoms with Crippen molar-refractivity contribution in [3.05, 3.63) is 163 Å². The molecule has 1 aromatic heterocycles. The highest BCUT2D eigenvalue weighted by atomic mass is 15.0. The summed E-state index contributed by atoms with van der Waals surface area (Å²) in [6.07, 6.45) is 0. The number of hydrogen-bond donors (Lipinski definition) is 0. The van der Waals surface area contributed by atoms with Gasteiger partial charge in [0.2, 0.25) is 0 Å². The predicted molar refractivity (Wildman–Crippen MR) is 206 cm³/mol. The van der Waals surface area contributed by atoms with Gasteiger partial charge >= 0.3 is 0 Å². The fourth-order valence-corrected chi connectivity index (χ4v) is 8.39. The molecule has 0 unspecified atom stereocenters. The molecule has 0 radical (unpaired) electrons. The Kier molecular flexibility index (Phi) is 5.21. The molecule has 0 N–H and O–H groups in total. The van der Waals surface area contributed by atoms with Crippen molar-refractivity contribution in [3.8, 4) is 34.0 Å². The largest absolute Gasteiger partial charge is 0.309 e. The number of aromatic nitrogens is 1. The highest BCUT2D eigenvalue weighted by molar-refractivity contribution is 6.27. The summed E-state index contributed by atoms with van der Waals surface area (Å²) < 4.78 is 2.33. The monoisotopic (exact) mass is 618 g/mol. The third kappa shape index (κ3) is 3.76. The first-order valence-corrected chi connectivity index (χ1v) is 16.7. The molecule has 49 heavy (non-hydrogen) atoms. The van der Waals surface area contributed by atoms with Crippen molar-refractivity contribution in [1.29, 1.82) is 5.26 Å². The van der Waals surface area contributed by atoms with Gasteiger partial charge in [-0.25, -0.2) is 0 Å². The Hall–Kier alpha value is -6.69. The molecule has 0 spiro atoms. The van der Waals surface area contributed by atoms with Crippen LogP contribution in [0.25, 0.3) is 104 Å². The summed E-state index contributed by atoms with van der Waals surface area (Å²) in [5.74, 6) is 0. The van der Waals surface area contributed by atoms with Crippen molar-refractivity contribution in [3.63, 3.8) is 0 Å². The van der Waals surface area contributed by atoms with Gasteiger partial charge in [-0.2, -0.15) is 5.26 Å². The molecule has 0 saturated heterocycles. The van der Waals surface area contributed by atoms with Crippen LogP contribution in [0.5, 0.6) is 0 Å². The van der Waals surface area contributed by atoms with Crippen LogP contribution in [-0.4, -0.2) is 4.57 Å². The van der Waals surface area contributed by atoms with Crippen LogP contribution < -0.4 is 0 Å². The van der Waals surface area contributed by atoms with E-state index in [2.05, 4.69) is 150 Å². The Morgan fingerprint density at radius 1 is 0.347 bits per heavy atom. The number of para-hydroxylation sites is 1. The maximum atomic E-state index is 9.88. The topological polar surface area (TPSA) is 28.7 Å². The Labute approximate surface area is 282 Å². The summed E-state index contributed by atoms with van der Waals surface area (Å²) in [4.78, 5) is 0. The van der Waals surface area contributed by atoms with Gasteiger partial charge in [0.05, 0.1) is 22.7 Å². The zero-order valence-electron chi connectivity index (χ0n) is 26.4. The van der Waals surface area contributed by atoms with Gasteiger partial charge in [-0.15, -0.1) is 0 Å². The van der Waals surface area contributed by atoms with Crippen LogP contribution in [0.15, 0.2) is 158 Å². The molecule has 11 aromatic rings. The molecule has 10 aromatic carbocycles. The van der Waals surface area contributed by atoms with Crippen LogP contribution in [0.1, 0.15) is 5.56 Å². The lowest BCUT2D eigenvalue weighted by Crippen LogP contribution is -1.94. The smallest absolute Gasteiger partial charge is 0.0992 e. The van der Waals surface area contributed by atoms with E-state index < -0.39 is 0 Å². The first-order valence-electron chi connectivity index (χ1n) is 16.7. The molecule has 0 aliphatic heterocycles. The minimum Gasteiger partial charge on any atom is -0.309 e. The van der Waals surface area contributed by atoms with Crippen LogP contribution >= 0.6 is 0 Å². The molecule has 0 amide bonds. The standard InChI is InChI=1S/C47H26N2/c48-27-28-18-32-12-17-37-25-40(26-43-47(37)46(32)42(19-28)49(43)41-8-2-1-3-9-41)39-23-35-15-13-33-21-38(22-34-14-16-36(24-39)45(35)44(33)34)31-11-10-29-6-4-5-7-30(29)20-31/h1-26H. The lowest BCUT2D eigenvalue weighted by atomic mass is 9.89. The quantitative estimate of drug-likeness (QED) is 0.181. The van der Waals surface area contributed by atoms with Crippen LogP contribution in [0.2, 0.25) is 0 Å². The van der Waals surface area contributed by atoms with E-state index >= 15 is 0 Å². The highest BCUT2D eigenvalue weighted by Gasteiger charge is 2.20. The van der Waals surface area contributed by atoms with Gasteiger partial charge in [-0.3, -0.25) is 0 Å². The molecule has 0 aliphatic rings. The van der Waals surface area contributed by atoms with Crippen LogP contribution in [0, 0.1) is 11.3 Å². The van der Waals surface area contributed by atoms with Crippen molar-refractivity contribution in [2.75, 3.05) is 0 Å². The van der Waals surface area contributed by atoms with E-state index in [-0.39, 0.29) is 0 Å². The summed E-state index contributed by atoms with van der Waals surface area (Å²) in [6, 6.07) is 59.8. The second-order valence-corrected chi connectivity index (χ2v) is 13.3. The Morgan fingerprint density at radius 3 is 1.41 bits per heavy atom. The van der Waals surface area contributed by atoms with Crippen molar-refractivity contribution >= 4 is 75.7 Å². The Balaban J connectivity index is 1.12. The predicted octanol–water partition coefficient (Wildman–Crippen LogP) is 12.6. The maximum absolute atomic E-state index is 9.88. The van der Waals surface area contributed by atoms with E-state index in [0.717, 1.165) is 22.1 Å². The molecule has 2 nitrogen and oxygen atoms in total. The normalized spacial score (nSPS) is 12.1. The van der Waals surface area contributed by atoms with Gasteiger partial charge in [-0.1, -0.05) is 91.0 Å². The third-order valence-electron chi connectivity index (χ3n) is 10.6. The van der Waals surface area contributed by atoms with Gasteiger partial charge in [-0.05, 0) is 143 Å². The average Bonchev–Trinajstić information content (AvgIpc) is 3.50. The first kappa shape index (κ1) is 26.4. The highest BCUT2D eigenvalue weighted by Crippen LogP contribution is 2.44. The van der Waals surface area contributed by atoms with Gasteiger partial charge < -0.3 is 4.57 Å². The maximum Gasteiger partial charge on any atom is 0.0992 e. The molecule has 1 heterocycles. The third-order valence-corrected chi connectivity index (χ3v) is 10.6. The van der Waals surface area contributed by atoms with E-state index in [1.165, 1.54) is 81.5 Å². The molecule has 0 bridgehead atoms. The minimum absolute atomic E-state index is 0.673. The van der Waals surface area contributed by atoms with Crippen LogP contribution in [-0.2, 0) is 0 Å². The van der Waals surface area contributed by atoms with Crippen molar-refractivity contribution in [1.82, 2.24) is 4.57 Å². The first-order chi connectivity index (χ1) is 24.2. The molecule has 0 saturated carbocycles. The van der Waals surface area contributed by atoms with E-state index in [4.69, 9.17) is 0 Å². The Morgan fingerprint density at radius 2 is 0.796 bits per heavy atom. The SMILES string of the molecule is N#Cc1cc2ccc3cc(-c4cc5ccc6cc(-c7ccc8ccccc8c7)cc7ccc(c4)c5c67)cc4c3c2c(c1)n4-c1ccccc1. The number of nitrogens with zero attached hydrogens (tertiary/aromatic N) is 2. The molecular weight excluding hydrogens is 593 g/mol. The minimum atomic E-state index is 0.673. The zero-order valence-corrected chi connectivity index (χ0v) is 26.4. The zero-order chi connectivity index (χ0) is 32.2. The second-order valence-electron chi connectivity index (χ2n) is 13.3. The summed E-state index contributed by atoms with van der Waals surface area (Å²) in [6.45, 7) is 0. The van der Waals surface area contributed by atoms with Gasteiger partial charge in [0.1, 0.15) is 0 Å². The summed E-state index contributed by atoms with van der Waals surface area (Å²) in [5.41, 5.74) is 8.84. The van der Waals surface area contributed by atoms with Crippen molar-refractivity contribution in [2.45, 2.75) is 0 Å². The molecule has 2 heteroatoms. The number of fused-ring (bicyclic) bond motifs is 1. The van der Waals surface area contributed by atoms with Crippen molar-refractivity contribution in [2.24, 2.45) is 0 Å². The summed E-state index contributed by atoms with van der Waals surface area (Å²) in [7, 11) is 0. The molecule has 0 fully saturated rings. The van der Waals surface area contributed by atoms with E-state index in [1.807, 2.05) is 18.2 Å². The van der Waals surface area contributed by atoms with E-state index in [0.29, 0.717) is 5.56 Å². The number of nitriles is 1. The fraction of sp³-hybridized carbons (Fsp3) is 0. The second kappa shape index (κ2) is 9.67. The summed E-state index contributed by atoms with van der Waals surface area (Å²) in [5, 5.41) is 24.8. The van der Waals surface area contributed by atoms with Crippen molar-refractivity contribution < 1.29 is 0 Å². The number of benzene rings is 10.